The van der Waals surface area contributed by atoms with Crippen LogP contribution < -0.4 is 15.8 Å². The minimum Gasteiger partial charge on any atom is -0.456 e. The molecule has 0 spiro atoms. The zero-order chi connectivity index (χ0) is 12.1. The first-order valence-corrected chi connectivity index (χ1v) is 4.98. The molecule has 0 unspecified atom stereocenters. The summed E-state index contributed by atoms with van der Waals surface area (Å²) in [5, 5.41) is 2.47. The summed E-state index contributed by atoms with van der Waals surface area (Å²) in [5.41, 5.74) is 5.62. The third-order valence-electron chi connectivity index (χ3n) is 1.99. The van der Waals surface area contributed by atoms with E-state index in [1.807, 2.05) is 6.07 Å². The van der Waals surface area contributed by atoms with Gasteiger partial charge in [0.05, 0.1) is 6.20 Å². The Morgan fingerprint density at radius 2 is 1.94 bits per heavy atom. The molecule has 2 rings (SSSR count). The van der Waals surface area contributed by atoms with Crippen molar-refractivity contribution in [3.8, 4) is 11.5 Å². The lowest BCUT2D eigenvalue weighted by Gasteiger charge is -2.06. The molecule has 5 heteroatoms. The molecule has 1 heterocycles. The van der Waals surface area contributed by atoms with Gasteiger partial charge in [-0.2, -0.15) is 0 Å². The molecule has 0 fully saturated rings. The number of pyridine rings is 1. The maximum absolute atomic E-state index is 10.6. The van der Waals surface area contributed by atoms with Crippen molar-refractivity contribution >= 4 is 11.7 Å². The average Bonchev–Trinajstić information content (AvgIpc) is 2.32. The summed E-state index contributed by atoms with van der Waals surface area (Å²) < 4.78 is 5.53. The van der Waals surface area contributed by atoms with Crippen LogP contribution in [0.25, 0.3) is 0 Å². The van der Waals surface area contributed by atoms with Crippen LogP contribution in [0.2, 0.25) is 0 Å². The Morgan fingerprint density at radius 3 is 2.53 bits per heavy atom. The van der Waals surface area contributed by atoms with E-state index in [-0.39, 0.29) is 0 Å². The first-order valence-electron chi connectivity index (χ1n) is 4.98. The van der Waals surface area contributed by atoms with Crippen molar-refractivity contribution in [1.29, 1.82) is 0 Å². The zero-order valence-electron chi connectivity index (χ0n) is 8.96. The molecule has 3 N–H and O–H groups in total. The molecule has 86 valence electrons. The second kappa shape index (κ2) is 4.98. The van der Waals surface area contributed by atoms with Gasteiger partial charge in [0.1, 0.15) is 11.5 Å². The number of anilines is 1. The fraction of sp³-hybridized carbons (Fsp3) is 0. The Hall–Kier alpha value is -2.56. The number of aromatic nitrogens is 1. The smallest absolute Gasteiger partial charge is 0.316 e. The normalized spacial score (nSPS) is 9.65. The van der Waals surface area contributed by atoms with E-state index in [1.54, 1.807) is 42.7 Å². The molecular formula is C12H11N3O2. The standard InChI is InChI=1S/C12H11N3O2/c13-12(16)15-9-3-5-10(6-4-9)17-11-2-1-7-14-8-11/h1-8H,(H3,13,15,16). The fourth-order valence-electron chi connectivity index (χ4n) is 1.29. The summed E-state index contributed by atoms with van der Waals surface area (Å²) in [6.07, 6.45) is 3.29. The Kier molecular flexibility index (Phi) is 3.20. The highest BCUT2D eigenvalue weighted by atomic mass is 16.5. The summed E-state index contributed by atoms with van der Waals surface area (Å²) in [5.74, 6) is 1.32. The molecule has 2 aromatic rings. The monoisotopic (exact) mass is 229 g/mol. The van der Waals surface area contributed by atoms with Gasteiger partial charge in [-0.25, -0.2) is 4.79 Å². The van der Waals surface area contributed by atoms with Crippen LogP contribution in [0.1, 0.15) is 0 Å². The van der Waals surface area contributed by atoms with Crippen LogP contribution in [-0.4, -0.2) is 11.0 Å². The van der Waals surface area contributed by atoms with Gasteiger partial charge < -0.3 is 15.8 Å². The number of primary amides is 1. The quantitative estimate of drug-likeness (QED) is 0.848. The van der Waals surface area contributed by atoms with E-state index in [0.717, 1.165) is 0 Å². The number of carbonyl (C=O) groups excluding carboxylic acids is 1. The maximum Gasteiger partial charge on any atom is 0.316 e. The van der Waals surface area contributed by atoms with E-state index in [2.05, 4.69) is 10.3 Å². The Balaban J connectivity index is 2.06. The summed E-state index contributed by atoms with van der Waals surface area (Å²) in [6.45, 7) is 0. The molecule has 1 aromatic heterocycles. The molecule has 2 amide bonds. The van der Waals surface area contributed by atoms with E-state index in [1.165, 1.54) is 0 Å². The zero-order valence-corrected chi connectivity index (χ0v) is 8.96. The lowest BCUT2D eigenvalue weighted by molar-refractivity contribution is 0.259. The largest absolute Gasteiger partial charge is 0.456 e. The van der Waals surface area contributed by atoms with Gasteiger partial charge in [-0.15, -0.1) is 0 Å². The summed E-state index contributed by atoms with van der Waals surface area (Å²) in [7, 11) is 0. The van der Waals surface area contributed by atoms with Crippen LogP contribution in [0.5, 0.6) is 11.5 Å². The van der Waals surface area contributed by atoms with E-state index in [4.69, 9.17) is 10.5 Å². The van der Waals surface area contributed by atoms with Gasteiger partial charge in [0.25, 0.3) is 0 Å². The lowest BCUT2D eigenvalue weighted by Crippen LogP contribution is -2.19. The summed E-state index contributed by atoms with van der Waals surface area (Å²) in [4.78, 5) is 14.6. The molecule has 0 radical (unpaired) electrons. The van der Waals surface area contributed by atoms with E-state index >= 15 is 0 Å². The van der Waals surface area contributed by atoms with Gasteiger partial charge >= 0.3 is 6.03 Å². The molecule has 0 bridgehead atoms. The van der Waals surface area contributed by atoms with Crippen molar-refractivity contribution < 1.29 is 9.53 Å². The van der Waals surface area contributed by atoms with Gasteiger partial charge in [-0.1, -0.05) is 0 Å². The van der Waals surface area contributed by atoms with Crippen LogP contribution in [-0.2, 0) is 0 Å². The molecule has 5 nitrogen and oxygen atoms in total. The summed E-state index contributed by atoms with van der Waals surface area (Å²) >= 11 is 0. The molecule has 1 aromatic carbocycles. The van der Waals surface area contributed by atoms with Crippen LogP contribution in [0.3, 0.4) is 0 Å². The van der Waals surface area contributed by atoms with Gasteiger partial charge in [0, 0.05) is 11.9 Å². The van der Waals surface area contributed by atoms with E-state index < -0.39 is 6.03 Å². The molecule has 0 atom stereocenters. The minimum atomic E-state index is -0.592. The number of urea groups is 1. The minimum absolute atomic E-state index is 0.592. The van der Waals surface area contributed by atoms with Crippen LogP contribution >= 0.6 is 0 Å². The van der Waals surface area contributed by atoms with E-state index in [0.29, 0.717) is 17.2 Å². The molecule has 17 heavy (non-hydrogen) atoms. The number of amides is 2. The number of nitrogens with zero attached hydrogens (tertiary/aromatic N) is 1. The number of nitrogens with two attached hydrogens (primary N) is 1. The van der Waals surface area contributed by atoms with Crippen molar-refractivity contribution in [2.45, 2.75) is 0 Å². The molecular weight excluding hydrogens is 218 g/mol. The number of benzene rings is 1. The van der Waals surface area contributed by atoms with Crippen molar-refractivity contribution in [2.75, 3.05) is 5.32 Å². The Labute approximate surface area is 98.2 Å². The van der Waals surface area contributed by atoms with Gasteiger partial charge in [0.15, 0.2) is 0 Å². The number of rotatable bonds is 3. The molecule has 0 aliphatic heterocycles. The average molecular weight is 229 g/mol. The second-order valence-corrected chi connectivity index (χ2v) is 3.30. The summed E-state index contributed by atoms with van der Waals surface area (Å²) in [6, 6.07) is 9.88. The van der Waals surface area contributed by atoms with Crippen molar-refractivity contribution in [3.05, 3.63) is 48.8 Å². The predicted molar refractivity (Wildman–Crippen MR) is 64.0 cm³/mol. The number of carbonyl (C=O) groups is 1. The second-order valence-electron chi connectivity index (χ2n) is 3.30. The maximum atomic E-state index is 10.6. The lowest BCUT2D eigenvalue weighted by atomic mass is 10.3. The van der Waals surface area contributed by atoms with Gasteiger partial charge in [0.2, 0.25) is 0 Å². The van der Waals surface area contributed by atoms with Crippen LogP contribution in [0.15, 0.2) is 48.8 Å². The molecule has 0 aliphatic carbocycles. The predicted octanol–water partition coefficient (Wildman–Crippen LogP) is 2.36. The SMILES string of the molecule is NC(=O)Nc1ccc(Oc2cccnc2)cc1. The number of hydrogen-bond donors (Lipinski definition) is 2. The number of ether oxygens (including phenoxy) is 1. The Bertz CT molecular complexity index is 497. The first-order chi connectivity index (χ1) is 8.24. The molecule has 0 aliphatic rings. The third kappa shape index (κ3) is 3.20. The highest BCUT2D eigenvalue weighted by Gasteiger charge is 1.98. The van der Waals surface area contributed by atoms with Gasteiger partial charge in [-0.3, -0.25) is 4.98 Å². The topological polar surface area (TPSA) is 77.2 Å². The number of hydrogen-bond acceptors (Lipinski definition) is 3. The highest BCUT2D eigenvalue weighted by molar-refractivity contribution is 5.87. The Morgan fingerprint density at radius 1 is 1.18 bits per heavy atom. The van der Waals surface area contributed by atoms with Gasteiger partial charge in [-0.05, 0) is 36.4 Å². The van der Waals surface area contributed by atoms with Crippen LogP contribution in [0.4, 0.5) is 10.5 Å². The molecule has 0 saturated carbocycles. The third-order valence-corrected chi connectivity index (χ3v) is 1.99. The highest BCUT2D eigenvalue weighted by Crippen LogP contribution is 2.21. The van der Waals surface area contributed by atoms with E-state index in [9.17, 15) is 4.79 Å². The van der Waals surface area contributed by atoms with Crippen molar-refractivity contribution in [1.82, 2.24) is 4.98 Å². The van der Waals surface area contributed by atoms with Crippen molar-refractivity contribution in [2.24, 2.45) is 5.73 Å². The molecule has 0 saturated heterocycles. The number of nitrogens with one attached hydrogen (secondary N) is 1. The van der Waals surface area contributed by atoms with Crippen LogP contribution in [0, 0.1) is 0 Å². The first kappa shape index (κ1) is 10.9. The van der Waals surface area contributed by atoms with Crippen molar-refractivity contribution in [3.63, 3.8) is 0 Å². The fourth-order valence-corrected chi connectivity index (χ4v) is 1.29.